The van der Waals surface area contributed by atoms with Gasteiger partial charge < -0.3 is 15.1 Å². The van der Waals surface area contributed by atoms with Crippen LogP contribution in [0, 0.1) is 0 Å². The van der Waals surface area contributed by atoms with Crippen molar-refractivity contribution in [2.45, 2.75) is 25.8 Å². The highest BCUT2D eigenvalue weighted by Crippen LogP contribution is 2.19. The Labute approximate surface area is 89.4 Å². The Kier molecular flexibility index (Phi) is 2.79. The Morgan fingerprint density at radius 3 is 2.07 bits per heavy atom. The van der Waals surface area contributed by atoms with Crippen LogP contribution in [0.5, 0.6) is 0 Å². The van der Waals surface area contributed by atoms with Crippen molar-refractivity contribution in [3.63, 3.8) is 0 Å². The number of amides is 3. The number of urea groups is 1. The van der Waals surface area contributed by atoms with Crippen LogP contribution >= 0.6 is 0 Å². The fourth-order valence-electron chi connectivity index (χ4n) is 1.72. The Balaban J connectivity index is 1.76. The van der Waals surface area contributed by atoms with E-state index in [0.29, 0.717) is 32.2 Å². The minimum atomic E-state index is 0.0284. The predicted octanol–water partition coefficient (Wildman–Crippen LogP) is 0.0225. The first-order chi connectivity index (χ1) is 7.16. The maximum atomic E-state index is 11.6. The SMILES string of the molecule is CC(=O)N1CCN(C(=O)NC2CC2)CC1. The fraction of sp³-hybridized carbons (Fsp3) is 0.800. The lowest BCUT2D eigenvalue weighted by molar-refractivity contribution is -0.130. The summed E-state index contributed by atoms with van der Waals surface area (Å²) in [6, 6.07) is 0.434. The summed E-state index contributed by atoms with van der Waals surface area (Å²) in [6.45, 7) is 4.19. The van der Waals surface area contributed by atoms with Gasteiger partial charge in [-0.1, -0.05) is 0 Å². The molecular formula is C10H17N3O2. The van der Waals surface area contributed by atoms with E-state index in [1.54, 1.807) is 16.7 Å². The zero-order valence-corrected chi connectivity index (χ0v) is 9.03. The topological polar surface area (TPSA) is 52.7 Å². The van der Waals surface area contributed by atoms with Crippen LogP contribution in [0.25, 0.3) is 0 Å². The van der Waals surface area contributed by atoms with E-state index in [4.69, 9.17) is 0 Å². The Morgan fingerprint density at radius 2 is 1.60 bits per heavy atom. The van der Waals surface area contributed by atoms with Gasteiger partial charge in [-0.2, -0.15) is 0 Å². The van der Waals surface area contributed by atoms with Gasteiger partial charge in [-0.25, -0.2) is 4.79 Å². The molecule has 0 unspecified atom stereocenters. The molecule has 1 saturated heterocycles. The van der Waals surface area contributed by atoms with Crippen LogP contribution in [0.15, 0.2) is 0 Å². The third-order valence-corrected chi connectivity index (χ3v) is 2.92. The Hall–Kier alpha value is -1.26. The summed E-state index contributed by atoms with van der Waals surface area (Å²) in [5.41, 5.74) is 0. The normalized spacial score (nSPS) is 21.4. The number of nitrogens with one attached hydrogen (secondary N) is 1. The van der Waals surface area contributed by atoms with E-state index in [1.165, 1.54) is 0 Å². The molecule has 0 aromatic carbocycles. The number of carbonyl (C=O) groups excluding carboxylic acids is 2. The van der Waals surface area contributed by atoms with Gasteiger partial charge in [0.1, 0.15) is 0 Å². The number of rotatable bonds is 1. The molecule has 1 aliphatic carbocycles. The van der Waals surface area contributed by atoms with Gasteiger partial charge in [-0.3, -0.25) is 4.79 Å². The van der Waals surface area contributed by atoms with Crippen molar-refractivity contribution in [1.82, 2.24) is 15.1 Å². The molecule has 84 valence electrons. The first-order valence-corrected chi connectivity index (χ1v) is 5.48. The van der Waals surface area contributed by atoms with Gasteiger partial charge in [-0.15, -0.1) is 0 Å². The van der Waals surface area contributed by atoms with Crippen molar-refractivity contribution in [2.75, 3.05) is 26.2 Å². The molecule has 0 radical (unpaired) electrons. The zero-order chi connectivity index (χ0) is 10.8. The fourth-order valence-corrected chi connectivity index (χ4v) is 1.72. The van der Waals surface area contributed by atoms with E-state index in [9.17, 15) is 9.59 Å². The van der Waals surface area contributed by atoms with Gasteiger partial charge in [0.2, 0.25) is 5.91 Å². The first-order valence-electron chi connectivity index (χ1n) is 5.48. The van der Waals surface area contributed by atoms with Gasteiger partial charge in [0, 0.05) is 39.1 Å². The van der Waals surface area contributed by atoms with E-state index < -0.39 is 0 Å². The molecule has 0 aromatic heterocycles. The Bertz CT molecular complexity index is 268. The summed E-state index contributed by atoms with van der Waals surface area (Å²) in [5, 5.41) is 2.95. The third kappa shape index (κ3) is 2.61. The zero-order valence-electron chi connectivity index (χ0n) is 9.03. The molecule has 0 bridgehead atoms. The molecule has 2 rings (SSSR count). The van der Waals surface area contributed by atoms with Gasteiger partial charge >= 0.3 is 6.03 Å². The Morgan fingerprint density at radius 1 is 1.07 bits per heavy atom. The van der Waals surface area contributed by atoms with E-state index >= 15 is 0 Å². The number of hydrogen-bond acceptors (Lipinski definition) is 2. The van der Waals surface area contributed by atoms with Crippen molar-refractivity contribution in [2.24, 2.45) is 0 Å². The maximum absolute atomic E-state index is 11.6. The smallest absolute Gasteiger partial charge is 0.317 e. The minimum absolute atomic E-state index is 0.0284. The second-order valence-electron chi connectivity index (χ2n) is 4.22. The molecule has 0 aromatic rings. The molecule has 15 heavy (non-hydrogen) atoms. The lowest BCUT2D eigenvalue weighted by Crippen LogP contribution is -2.53. The molecule has 1 heterocycles. The van der Waals surface area contributed by atoms with Crippen molar-refractivity contribution >= 4 is 11.9 Å². The highest BCUT2D eigenvalue weighted by Gasteiger charge is 2.27. The molecule has 3 amide bonds. The number of nitrogens with zero attached hydrogens (tertiary/aromatic N) is 2. The average Bonchev–Trinajstić information content (AvgIpc) is 3.02. The molecule has 1 saturated carbocycles. The van der Waals surface area contributed by atoms with Crippen LogP contribution < -0.4 is 5.32 Å². The van der Waals surface area contributed by atoms with Crippen LogP contribution in [0.4, 0.5) is 4.79 Å². The largest absolute Gasteiger partial charge is 0.339 e. The molecule has 1 N–H and O–H groups in total. The van der Waals surface area contributed by atoms with Gasteiger partial charge in [0.25, 0.3) is 0 Å². The average molecular weight is 211 g/mol. The summed E-state index contributed by atoms with van der Waals surface area (Å²) in [7, 11) is 0. The summed E-state index contributed by atoms with van der Waals surface area (Å²) in [4.78, 5) is 26.3. The standard InChI is InChI=1S/C10H17N3O2/c1-8(14)12-4-6-13(7-5-12)10(15)11-9-2-3-9/h9H,2-7H2,1H3,(H,11,15). The molecule has 2 aliphatic rings. The lowest BCUT2D eigenvalue weighted by atomic mass is 10.3. The number of piperazine rings is 1. The summed E-state index contributed by atoms with van der Waals surface area (Å²) in [5.74, 6) is 0.0947. The molecule has 1 aliphatic heterocycles. The lowest BCUT2D eigenvalue weighted by Gasteiger charge is -2.34. The molecule has 2 fully saturated rings. The molecular weight excluding hydrogens is 194 g/mol. The van der Waals surface area contributed by atoms with Gasteiger partial charge in [0.15, 0.2) is 0 Å². The van der Waals surface area contributed by atoms with Crippen LogP contribution in [-0.2, 0) is 4.79 Å². The molecule has 0 atom stereocenters. The second kappa shape index (κ2) is 4.08. The first kappa shape index (κ1) is 10.3. The quantitative estimate of drug-likeness (QED) is 0.665. The number of carbonyl (C=O) groups is 2. The monoisotopic (exact) mass is 211 g/mol. The number of hydrogen-bond donors (Lipinski definition) is 1. The summed E-state index contributed by atoms with van der Waals surface area (Å²) >= 11 is 0. The highest BCUT2D eigenvalue weighted by atomic mass is 16.2. The van der Waals surface area contributed by atoms with Crippen LogP contribution in [0.1, 0.15) is 19.8 Å². The van der Waals surface area contributed by atoms with E-state index in [0.717, 1.165) is 12.8 Å². The van der Waals surface area contributed by atoms with Crippen LogP contribution in [-0.4, -0.2) is 54.0 Å². The van der Waals surface area contributed by atoms with E-state index in [2.05, 4.69) is 5.32 Å². The molecule has 5 heteroatoms. The van der Waals surface area contributed by atoms with Gasteiger partial charge in [0.05, 0.1) is 0 Å². The molecule has 5 nitrogen and oxygen atoms in total. The minimum Gasteiger partial charge on any atom is -0.339 e. The van der Waals surface area contributed by atoms with Crippen LogP contribution in [0.3, 0.4) is 0 Å². The van der Waals surface area contributed by atoms with E-state index in [1.807, 2.05) is 0 Å². The second-order valence-corrected chi connectivity index (χ2v) is 4.22. The van der Waals surface area contributed by atoms with Crippen molar-refractivity contribution in [3.8, 4) is 0 Å². The van der Waals surface area contributed by atoms with Crippen molar-refractivity contribution < 1.29 is 9.59 Å². The van der Waals surface area contributed by atoms with Crippen molar-refractivity contribution in [3.05, 3.63) is 0 Å². The third-order valence-electron chi connectivity index (χ3n) is 2.92. The summed E-state index contributed by atoms with van der Waals surface area (Å²) < 4.78 is 0. The van der Waals surface area contributed by atoms with Crippen LogP contribution in [0.2, 0.25) is 0 Å². The van der Waals surface area contributed by atoms with Gasteiger partial charge in [-0.05, 0) is 12.8 Å². The predicted molar refractivity (Wildman–Crippen MR) is 55.4 cm³/mol. The van der Waals surface area contributed by atoms with Crippen molar-refractivity contribution in [1.29, 1.82) is 0 Å². The highest BCUT2D eigenvalue weighted by molar-refractivity contribution is 5.76. The maximum Gasteiger partial charge on any atom is 0.317 e. The summed E-state index contributed by atoms with van der Waals surface area (Å²) in [6.07, 6.45) is 2.22. The van der Waals surface area contributed by atoms with E-state index in [-0.39, 0.29) is 11.9 Å². The molecule has 0 spiro atoms.